The lowest BCUT2D eigenvalue weighted by Gasteiger charge is -2.20. The molecule has 0 fully saturated rings. The van der Waals surface area contributed by atoms with Gasteiger partial charge in [-0.2, -0.15) is 0 Å². The van der Waals surface area contributed by atoms with Crippen molar-refractivity contribution in [3.63, 3.8) is 0 Å². The Kier molecular flexibility index (Phi) is 5.44. The average molecular weight is 402 g/mol. The SMILES string of the molecule is CC(C)(C)NS(=O)(=O)c1cccc(NC(=O)/C=C/c2ccc3c(c2)OCO3)c1. The standard InChI is InChI=1S/C20H22N2O5S/c1-20(2,3)22-28(24,25)16-6-4-5-15(12-16)21-19(23)10-8-14-7-9-17-18(11-14)27-13-26-17/h4-12,22H,13H2,1-3H3,(H,21,23)/b10-8+. The van der Waals surface area contributed by atoms with E-state index in [0.717, 1.165) is 5.56 Å². The largest absolute Gasteiger partial charge is 0.454 e. The maximum absolute atomic E-state index is 12.4. The van der Waals surface area contributed by atoms with E-state index in [1.54, 1.807) is 51.1 Å². The van der Waals surface area contributed by atoms with Gasteiger partial charge in [-0.1, -0.05) is 12.1 Å². The number of anilines is 1. The summed E-state index contributed by atoms with van der Waals surface area (Å²) in [6, 6.07) is 11.5. The van der Waals surface area contributed by atoms with Crippen LogP contribution in [0.25, 0.3) is 6.08 Å². The summed E-state index contributed by atoms with van der Waals surface area (Å²) in [4.78, 5) is 12.3. The first-order valence-corrected chi connectivity index (χ1v) is 10.1. The number of hydrogen-bond acceptors (Lipinski definition) is 5. The van der Waals surface area contributed by atoms with Crippen LogP contribution in [-0.4, -0.2) is 26.7 Å². The third-order valence-corrected chi connectivity index (χ3v) is 5.43. The topological polar surface area (TPSA) is 93.7 Å². The first-order valence-electron chi connectivity index (χ1n) is 8.65. The molecule has 0 atom stereocenters. The summed E-state index contributed by atoms with van der Waals surface area (Å²) < 4.78 is 38.0. The van der Waals surface area contributed by atoms with Crippen molar-refractivity contribution < 1.29 is 22.7 Å². The Morgan fingerprint density at radius 3 is 2.57 bits per heavy atom. The molecule has 0 aromatic heterocycles. The van der Waals surface area contributed by atoms with Crippen molar-refractivity contribution in [1.82, 2.24) is 4.72 Å². The molecule has 0 saturated carbocycles. The van der Waals surface area contributed by atoms with Gasteiger partial charge in [0.25, 0.3) is 0 Å². The van der Waals surface area contributed by atoms with E-state index >= 15 is 0 Å². The molecule has 7 nitrogen and oxygen atoms in total. The third-order valence-electron chi connectivity index (χ3n) is 3.68. The lowest BCUT2D eigenvalue weighted by Crippen LogP contribution is -2.40. The quantitative estimate of drug-likeness (QED) is 0.750. The molecular weight excluding hydrogens is 380 g/mol. The number of rotatable bonds is 5. The van der Waals surface area contributed by atoms with E-state index in [0.29, 0.717) is 17.2 Å². The molecule has 1 heterocycles. The van der Waals surface area contributed by atoms with Crippen molar-refractivity contribution in [3.8, 4) is 11.5 Å². The highest BCUT2D eigenvalue weighted by atomic mass is 32.2. The van der Waals surface area contributed by atoms with E-state index < -0.39 is 15.6 Å². The van der Waals surface area contributed by atoms with Gasteiger partial charge in [0.05, 0.1) is 4.90 Å². The smallest absolute Gasteiger partial charge is 0.248 e. The van der Waals surface area contributed by atoms with Crippen LogP contribution in [0.15, 0.2) is 53.4 Å². The van der Waals surface area contributed by atoms with E-state index in [4.69, 9.17) is 9.47 Å². The fourth-order valence-corrected chi connectivity index (χ4v) is 4.04. The van der Waals surface area contributed by atoms with E-state index in [-0.39, 0.29) is 17.6 Å². The zero-order valence-corrected chi connectivity index (χ0v) is 16.7. The number of carbonyl (C=O) groups is 1. The molecular formula is C20H22N2O5S. The van der Waals surface area contributed by atoms with Crippen molar-refractivity contribution in [2.75, 3.05) is 12.1 Å². The van der Waals surface area contributed by atoms with Crippen LogP contribution in [0.3, 0.4) is 0 Å². The van der Waals surface area contributed by atoms with E-state index in [1.807, 2.05) is 6.07 Å². The summed E-state index contributed by atoms with van der Waals surface area (Å²) >= 11 is 0. The van der Waals surface area contributed by atoms with E-state index in [9.17, 15) is 13.2 Å². The highest BCUT2D eigenvalue weighted by Gasteiger charge is 2.22. The predicted octanol–water partition coefficient (Wildman–Crippen LogP) is 3.14. The number of ether oxygens (including phenoxy) is 2. The van der Waals surface area contributed by atoms with Gasteiger partial charge in [0.15, 0.2) is 11.5 Å². The van der Waals surface area contributed by atoms with Crippen LogP contribution in [-0.2, 0) is 14.8 Å². The Morgan fingerprint density at radius 1 is 1.07 bits per heavy atom. The number of benzene rings is 2. The van der Waals surface area contributed by atoms with Crippen LogP contribution in [0, 0.1) is 0 Å². The lowest BCUT2D eigenvalue weighted by atomic mass is 10.1. The summed E-state index contributed by atoms with van der Waals surface area (Å²) in [6.45, 7) is 5.47. The highest BCUT2D eigenvalue weighted by molar-refractivity contribution is 7.89. The molecule has 148 valence electrons. The minimum atomic E-state index is -3.68. The van der Waals surface area contributed by atoms with Gasteiger partial charge in [-0.25, -0.2) is 13.1 Å². The van der Waals surface area contributed by atoms with Crippen LogP contribution in [0.2, 0.25) is 0 Å². The summed E-state index contributed by atoms with van der Waals surface area (Å²) in [5.41, 5.74) is 0.563. The van der Waals surface area contributed by atoms with Gasteiger partial charge < -0.3 is 14.8 Å². The molecule has 1 amide bonds. The summed E-state index contributed by atoms with van der Waals surface area (Å²) in [6.07, 6.45) is 3.01. The number of sulfonamides is 1. The van der Waals surface area contributed by atoms with Gasteiger partial charge in [0, 0.05) is 17.3 Å². The first-order chi connectivity index (χ1) is 13.1. The van der Waals surface area contributed by atoms with Gasteiger partial charge in [-0.05, 0) is 62.7 Å². The van der Waals surface area contributed by atoms with Crippen LogP contribution in [0.5, 0.6) is 11.5 Å². The minimum absolute atomic E-state index is 0.0833. The van der Waals surface area contributed by atoms with Crippen LogP contribution in [0.1, 0.15) is 26.3 Å². The maximum atomic E-state index is 12.4. The molecule has 0 radical (unpaired) electrons. The molecule has 0 unspecified atom stereocenters. The second-order valence-corrected chi connectivity index (χ2v) is 9.00. The molecule has 2 N–H and O–H groups in total. The fraction of sp³-hybridized carbons (Fsp3) is 0.250. The van der Waals surface area contributed by atoms with Crippen molar-refractivity contribution in [2.45, 2.75) is 31.2 Å². The molecule has 1 aliphatic heterocycles. The first kappa shape index (κ1) is 19.9. The van der Waals surface area contributed by atoms with Crippen LogP contribution in [0.4, 0.5) is 5.69 Å². The van der Waals surface area contributed by atoms with Gasteiger partial charge in [-0.3, -0.25) is 4.79 Å². The molecule has 1 aliphatic rings. The monoisotopic (exact) mass is 402 g/mol. The number of carbonyl (C=O) groups excluding carboxylic acids is 1. The van der Waals surface area contributed by atoms with Gasteiger partial charge in [-0.15, -0.1) is 0 Å². The normalized spacial score (nSPS) is 13.7. The Balaban J connectivity index is 1.69. The van der Waals surface area contributed by atoms with Gasteiger partial charge >= 0.3 is 0 Å². The molecule has 8 heteroatoms. The predicted molar refractivity (Wildman–Crippen MR) is 107 cm³/mol. The Bertz CT molecular complexity index is 1020. The minimum Gasteiger partial charge on any atom is -0.454 e. The maximum Gasteiger partial charge on any atom is 0.248 e. The second-order valence-electron chi connectivity index (χ2n) is 7.32. The fourth-order valence-electron chi connectivity index (χ4n) is 2.58. The molecule has 0 saturated heterocycles. The molecule has 2 aromatic carbocycles. The van der Waals surface area contributed by atoms with E-state index in [2.05, 4.69) is 10.0 Å². The zero-order chi connectivity index (χ0) is 20.4. The third kappa shape index (κ3) is 5.11. The number of hydrogen-bond donors (Lipinski definition) is 2. The lowest BCUT2D eigenvalue weighted by molar-refractivity contribution is -0.111. The van der Waals surface area contributed by atoms with Crippen molar-refractivity contribution in [3.05, 3.63) is 54.1 Å². The number of amides is 1. The van der Waals surface area contributed by atoms with Crippen LogP contribution < -0.4 is 19.5 Å². The summed E-state index contributed by atoms with van der Waals surface area (Å²) in [5, 5.41) is 2.67. The zero-order valence-electron chi connectivity index (χ0n) is 15.9. The summed E-state index contributed by atoms with van der Waals surface area (Å²) in [7, 11) is -3.68. The number of fused-ring (bicyclic) bond motifs is 1. The van der Waals surface area contributed by atoms with E-state index in [1.165, 1.54) is 18.2 Å². The molecule has 3 rings (SSSR count). The molecule has 2 aromatic rings. The van der Waals surface area contributed by atoms with Crippen molar-refractivity contribution >= 4 is 27.7 Å². The number of nitrogens with one attached hydrogen (secondary N) is 2. The molecule has 0 spiro atoms. The molecule has 0 aliphatic carbocycles. The van der Waals surface area contributed by atoms with Crippen molar-refractivity contribution in [1.29, 1.82) is 0 Å². The Labute approximate surface area is 164 Å². The Hall–Kier alpha value is -2.84. The van der Waals surface area contributed by atoms with Gasteiger partial charge in [0.2, 0.25) is 22.7 Å². The van der Waals surface area contributed by atoms with Crippen LogP contribution >= 0.6 is 0 Å². The molecule has 28 heavy (non-hydrogen) atoms. The highest BCUT2D eigenvalue weighted by Crippen LogP contribution is 2.32. The average Bonchev–Trinajstić information content (AvgIpc) is 3.06. The van der Waals surface area contributed by atoms with Crippen molar-refractivity contribution in [2.24, 2.45) is 0 Å². The van der Waals surface area contributed by atoms with Gasteiger partial charge in [0.1, 0.15) is 0 Å². The Morgan fingerprint density at radius 2 is 1.82 bits per heavy atom. The second kappa shape index (κ2) is 7.65. The summed E-state index contributed by atoms with van der Waals surface area (Å²) in [5.74, 6) is 0.923. The molecule has 0 bridgehead atoms.